The molecular weight excluding hydrogens is 548 g/mol. The second-order valence-corrected chi connectivity index (χ2v) is 12.8. The largest absolute Gasteiger partial charge is 0.455 e. The molecule has 0 amide bonds. The number of benzene rings is 1. The van der Waals surface area contributed by atoms with Crippen molar-refractivity contribution in [1.82, 2.24) is 0 Å². The number of hydrogen-bond donors (Lipinski definition) is 3. The van der Waals surface area contributed by atoms with Crippen molar-refractivity contribution in [2.75, 3.05) is 6.61 Å². The molecule has 1 heterocycles. The fourth-order valence-electron chi connectivity index (χ4n) is 7.91. The predicted octanol–water partition coefficient (Wildman–Crippen LogP) is 1.65. The Kier molecular flexibility index (Phi) is 7.20. The Balaban J connectivity index is 1.84. The van der Waals surface area contributed by atoms with Crippen LogP contribution in [0.5, 0.6) is 0 Å². The number of hydrogen-bond acceptors (Lipinski definition) is 11. The maximum atomic E-state index is 14.8. The van der Waals surface area contributed by atoms with Crippen molar-refractivity contribution in [2.24, 2.45) is 16.7 Å². The van der Waals surface area contributed by atoms with Gasteiger partial charge in [-0.05, 0) is 37.1 Å². The first-order valence-electron chi connectivity index (χ1n) is 14.1. The molecular formula is C31H38O11. The average molecular weight is 587 g/mol. The molecule has 1 aliphatic heterocycles. The third kappa shape index (κ3) is 4.08. The van der Waals surface area contributed by atoms with Crippen LogP contribution in [0, 0.1) is 16.7 Å². The molecule has 1 aromatic carbocycles. The number of fused-ring (bicyclic) bond motifs is 5. The molecule has 0 spiro atoms. The number of carbonyl (C=O) groups excluding carboxylic acids is 4. The molecule has 2 bridgehead atoms. The van der Waals surface area contributed by atoms with Gasteiger partial charge in [0.1, 0.15) is 17.8 Å². The summed E-state index contributed by atoms with van der Waals surface area (Å²) in [6.45, 7) is 8.42. The monoisotopic (exact) mass is 586 g/mol. The highest BCUT2D eigenvalue weighted by Gasteiger charge is 2.78. The number of aliphatic hydroxyl groups excluding tert-OH is 2. The van der Waals surface area contributed by atoms with Crippen LogP contribution in [0.4, 0.5) is 0 Å². The Hall–Kier alpha value is -3.12. The van der Waals surface area contributed by atoms with Gasteiger partial charge in [-0.3, -0.25) is 14.4 Å². The number of ether oxygens (including phenoxy) is 4. The van der Waals surface area contributed by atoms with Gasteiger partial charge in [0.2, 0.25) is 0 Å². The molecule has 5 rings (SSSR count). The highest BCUT2D eigenvalue weighted by atomic mass is 16.6. The number of esters is 3. The number of Topliss-reactive ketones (excluding diaryl/α,β-unsaturated/α-hetero) is 1. The maximum Gasteiger partial charge on any atom is 0.338 e. The summed E-state index contributed by atoms with van der Waals surface area (Å²) in [5.74, 6) is -4.41. The molecule has 3 fully saturated rings. The van der Waals surface area contributed by atoms with E-state index in [2.05, 4.69) is 0 Å². The Morgan fingerprint density at radius 1 is 1.00 bits per heavy atom. The van der Waals surface area contributed by atoms with Crippen LogP contribution in [0.3, 0.4) is 0 Å². The van der Waals surface area contributed by atoms with E-state index in [1.807, 2.05) is 0 Å². The lowest BCUT2D eigenvalue weighted by molar-refractivity contribution is -0.345. The molecule has 42 heavy (non-hydrogen) atoms. The van der Waals surface area contributed by atoms with Crippen molar-refractivity contribution in [3.05, 3.63) is 47.0 Å². The lowest BCUT2D eigenvalue weighted by Gasteiger charge is -2.67. The SMILES string of the molecule is CC(=O)O[C@H]1C(=O)[C@]2(C)[C@H](O)C[C@H]3OC[C@]3(OC(C)=O)[C@@H]2[C@H](OC(=O)c2ccccc2)[C@]2(O)C[C@H](O)C(C)=C1C2(C)C. The molecule has 1 aromatic rings. The van der Waals surface area contributed by atoms with Crippen LogP contribution in [0.25, 0.3) is 0 Å². The van der Waals surface area contributed by atoms with E-state index in [9.17, 15) is 34.5 Å². The zero-order valence-electron chi connectivity index (χ0n) is 24.6. The molecule has 4 aliphatic rings. The number of aliphatic hydroxyl groups is 3. The minimum atomic E-state index is -2.11. The van der Waals surface area contributed by atoms with Gasteiger partial charge in [-0.15, -0.1) is 0 Å². The van der Waals surface area contributed by atoms with Crippen LogP contribution in [-0.2, 0) is 33.3 Å². The van der Waals surface area contributed by atoms with Gasteiger partial charge in [0.15, 0.2) is 17.5 Å². The van der Waals surface area contributed by atoms with Gasteiger partial charge in [-0.25, -0.2) is 4.79 Å². The molecule has 228 valence electrons. The molecule has 0 aromatic heterocycles. The zero-order valence-corrected chi connectivity index (χ0v) is 24.6. The van der Waals surface area contributed by atoms with E-state index in [1.54, 1.807) is 39.0 Å². The Labute approximate surface area is 243 Å². The van der Waals surface area contributed by atoms with E-state index in [-0.39, 0.29) is 30.6 Å². The molecule has 9 atom stereocenters. The molecule has 3 N–H and O–H groups in total. The zero-order chi connectivity index (χ0) is 31.0. The van der Waals surface area contributed by atoms with Gasteiger partial charge in [-0.1, -0.05) is 32.0 Å². The van der Waals surface area contributed by atoms with Gasteiger partial charge < -0.3 is 34.3 Å². The summed E-state index contributed by atoms with van der Waals surface area (Å²) in [6, 6.07) is 8.05. The van der Waals surface area contributed by atoms with Gasteiger partial charge >= 0.3 is 17.9 Å². The summed E-state index contributed by atoms with van der Waals surface area (Å²) in [4.78, 5) is 53.4. The summed E-state index contributed by atoms with van der Waals surface area (Å²) >= 11 is 0. The number of ketones is 1. The van der Waals surface area contributed by atoms with Crippen molar-refractivity contribution in [2.45, 2.75) is 96.1 Å². The molecule has 11 heteroatoms. The lowest BCUT2D eigenvalue weighted by Crippen LogP contribution is -2.81. The van der Waals surface area contributed by atoms with Crippen LogP contribution >= 0.6 is 0 Å². The lowest BCUT2D eigenvalue weighted by atomic mass is 9.44. The van der Waals surface area contributed by atoms with Gasteiger partial charge in [0.25, 0.3) is 0 Å². The van der Waals surface area contributed by atoms with E-state index in [4.69, 9.17) is 18.9 Å². The quantitative estimate of drug-likeness (QED) is 0.267. The summed E-state index contributed by atoms with van der Waals surface area (Å²) in [6.07, 6.45) is -7.27. The topological polar surface area (TPSA) is 166 Å². The molecule has 2 saturated carbocycles. The molecule has 11 nitrogen and oxygen atoms in total. The molecule has 1 saturated heterocycles. The fourth-order valence-corrected chi connectivity index (χ4v) is 7.91. The number of carbonyl (C=O) groups is 4. The third-order valence-corrected chi connectivity index (χ3v) is 10.2. The van der Waals surface area contributed by atoms with Crippen molar-refractivity contribution in [3.8, 4) is 0 Å². The van der Waals surface area contributed by atoms with E-state index >= 15 is 0 Å². The van der Waals surface area contributed by atoms with Crippen LogP contribution in [0.15, 0.2) is 41.5 Å². The minimum absolute atomic E-state index is 0.110. The highest BCUT2D eigenvalue weighted by Crippen LogP contribution is 2.64. The first-order valence-corrected chi connectivity index (χ1v) is 14.1. The predicted molar refractivity (Wildman–Crippen MR) is 145 cm³/mol. The Bertz CT molecular complexity index is 1350. The standard InChI is InChI=1S/C31H38O11/c1-15-19(34)13-31(38)26(41-27(37)18-10-8-7-9-11-18)24-29(6,20(35)12-21-30(24,14-39-21)42-17(3)33)25(36)23(40-16(2)32)22(15)28(31,4)5/h7-11,19-21,23-24,26,34-35,38H,12-14H2,1-6H3/t19-,20+,21+,23+,24+,26-,29+,30+,31+/m0/s1. The molecule has 0 unspecified atom stereocenters. The van der Waals surface area contributed by atoms with Gasteiger partial charge in [-0.2, -0.15) is 0 Å². The van der Waals surface area contributed by atoms with Gasteiger partial charge in [0, 0.05) is 32.1 Å². The van der Waals surface area contributed by atoms with E-state index in [0.29, 0.717) is 5.57 Å². The summed E-state index contributed by atoms with van der Waals surface area (Å²) < 4.78 is 23.5. The van der Waals surface area contributed by atoms with E-state index < -0.39 is 82.2 Å². The van der Waals surface area contributed by atoms with Crippen LogP contribution in [0.1, 0.15) is 64.7 Å². The first kappa shape index (κ1) is 30.3. The van der Waals surface area contributed by atoms with Crippen LogP contribution in [-0.4, -0.2) is 87.3 Å². The summed E-state index contributed by atoms with van der Waals surface area (Å²) in [5.41, 5.74) is -6.38. The summed E-state index contributed by atoms with van der Waals surface area (Å²) in [5, 5.41) is 35.8. The second kappa shape index (κ2) is 9.97. The van der Waals surface area contributed by atoms with Crippen LogP contribution in [0.2, 0.25) is 0 Å². The smallest absolute Gasteiger partial charge is 0.338 e. The second-order valence-electron chi connectivity index (χ2n) is 12.8. The minimum Gasteiger partial charge on any atom is -0.455 e. The Morgan fingerprint density at radius 3 is 2.19 bits per heavy atom. The normalized spacial score (nSPS) is 40.4. The maximum absolute atomic E-state index is 14.8. The van der Waals surface area contributed by atoms with Crippen LogP contribution < -0.4 is 0 Å². The van der Waals surface area contributed by atoms with Crippen molar-refractivity contribution < 1.29 is 53.4 Å². The average Bonchev–Trinajstić information content (AvgIpc) is 2.90. The van der Waals surface area contributed by atoms with Crippen molar-refractivity contribution in [1.29, 1.82) is 0 Å². The first-order chi connectivity index (χ1) is 19.5. The van der Waals surface area contributed by atoms with Crippen molar-refractivity contribution in [3.63, 3.8) is 0 Å². The Morgan fingerprint density at radius 2 is 1.64 bits per heavy atom. The number of rotatable bonds is 4. The van der Waals surface area contributed by atoms with E-state index in [1.165, 1.54) is 26.0 Å². The summed E-state index contributed by atoms with van der Waals surface area (Å²) in [7, 11) is 0. The fraction of sp³-hybridized carbons (Fsp3) is 0.613. The molecule has 0 radical (unpaired) electrons. The van der Waals surface area contributed by atoms with Crippen molar-refractivity contribution >= 4 is 23.7 Å². The highest BCUT2D eigenvalue weighted by molar-refractivity contribution is 5.95. The molecule has 3 aliphatic carbocycles. The van der Waals surface area contributed by atoms with Gasteiger partial charge in [0.05, 0.1) is 35.7 Å². The third-order valence-electron chi connectivity index (χ3n) is 10.2. The van der Waals surface area contributed by atoms with E-state index in [0.717, 1.165) is 6.92 Å².